The Labute approximate surface area is 149 Å². The van der Waals surface area contributed by atoms with Crippen molar-refractivity contribution in [1.82, 2.24) is 0 Å². The number of ether oxygens (including phenoxy) is 3. The van der Waals surface area contributed by atoms with Crippen LogP contribution in [0, 0.1) is 0 Å². The summed E-state index contributed by atoms with van der Waals surface area (Å²) < 4.78 is 15.7. The third-order valence-electron chi connectivity index (χ3n) is 3.77. The van der Waals surface area contributed by atoms with E-state index >= 15 is 0 Å². The molecular weight excluding hydrogens is 346 g/mol. The van der Waals surface area contributed by atoms with Crippen LogP contribution in [0.2, 0.25) is 5.02 Å². The van der Waals surface area contributed by atoms with Crippen molar-refractivity contribution in [2.24, 2.45) is 0 Å². The van der Waals surface area contributed by atoms with Crippen molar-refractivity contribution in [1.29, 1.82) is 0 Å². The molecule has 1 unspecified atom stereocenters. The molecule has 25 heavy (non-hydrogen) atoms. The molecule has 1 aliphatic heterocycles. The lowest BCUT2D eigenvalue weighted by atomic mass is 10.2. The fourth-order valence-corrected chi connectivity index (χ4v) is 2.68. The minimum Gasteiger partial charge on any atom is -0.454 e. The molecule has 1 aliphatic rings. The third kappa shape index (κ3) is 3.53. The van der Waals surface area contributed by atoms with E-state index in [-0.39, 0.29) is 23.3 Å². The van der Waals surface area contributed by atoms with Gasteiger partial charge >= 0.3 is 5.97 Å². The van der Waals surface area contributed by atoms with Gasteiger partial charge in [-0.1, -0.05) is 29.8 Å². The second-order valence-electron chi connectivity index (χ2n) is 5.47. The van der Waals surface area contributed by atoms with Crippen molar-refractivity contribution in [2.45, 2.75) is 13.0 Å². The van der Waals surface area contributed by atoms with Crippen LogP contribution in [-0.2, 0) is 9.53 Å². The van der Waals surface area contributed by atoms with Gasteiger partial charge in [0.25, 0.3) is 5.91 Å². The van der Waals surface area contributed by atoms with E-state index in [1.165, 1.54) is 24.0 Å². The molecule has 1 heterocycles. The van der Waals surface area contributed by atoms with Gasteiger partial charge < -0.3 is 19.1 Å². The van der Waals surface area contributed by atoms with Gasteiger partial charge in [0.15, 0.2) is 17.6 Å². The Morgan fingerprint density at radius 2 is 1.92 bits per heavy atom. The van der Waals surface area contributed by atoms with Gasteiger partial charge in [0.2, 0.25) is 6.79 Å². The van der Waals surface area contributed by atoms with E-state index in [9.17, 15) is 9.59 Å². The molecule has 7 heteroatoms. The Kier molecular flexibility index (Phi) is 4.81. The molecule has 2 aromatic carbocycles. The maximum absolute atomic E-state index is 12.4. The van der Waals surface area contributed by atoms with Crippen molar-refractivity contribution < 1.29 is 23.8 Å². The first-order chi connectivity index (χ1) is 12.0. The van der Waals surface area contributed by atoms with Crippen LogP contribution in [0.5, 0.6) is 11.5 Å². The number of amides is 1. The van der Waals surface area contributed by atoms with E-state index in [1.807, 2.05) is 18.2 Å². The molecule has 0 bridgehead atoms. The molecule has 2 aromatic rings. The number of nitrogens with zero attached hydrogens (tertiary/aromatic N) is 1. The van der Waals surface area contributed by atoms with E-state index in [2.05, 4.69) is 0 Å². The van der Waals surface area contributed by atoms with Crippen LogP contribution in [0.15, 0.2) is 42.5 Å². The highest BCUT2D eigenvalue weighted by Gasteiger charge is 2.25. The Bertz CT molecular complexity index is 809. The molecule has 0 aliphatic carbocycles. The largest absolute Gasteiger partial charge is 0.454 e. The van der Waals surface area contributed by atoms with Gasteiger partial charge in [-0.25, -0.2) is 4.79 Å². The normalized spacial score (nSPS) is 13.2. The van der Waals surface area contributed by atoms with E-state index in [4.69, 9.17) is 25.8 Å². The Morgan fingerprint density at radius 3 is 2.64 bits per heavy atom. The van der Waals surface area contributed by atoms with E-state index in [0.29, 0.717) is 17.2 Å². The average molecular weight is 362 g/mol. The van der Waals surface area contributed by atoms with Gasteiger partial charge in [-0.15, -0.1) is 0 Å². The second kappa shape index (κ2) is 7.03. The number of carbonyl (C=O) groups excluding carboxylic acids is 2. The predicted octanol–water partition coefficient (Wildman–Crippen LogP) is 3.28. The molecule has 6 nitrogen and oxygen atoms in total. The number of hydrogen-bond acceptors (Lipinski definition) is 5. The van der Waals surface area contributed by atoms with Crippen LogP contribution in [0.25, 0.3) is 0 Å². The first-order valence-corrected chi connectivity index (χ1v) is 7.98. The van der Waals surface area contributed by atoms with Crippen LogP contribution < -0.4 is 14.4 Å². The molecule has 0 fully saturated rings. The molecule has 0 N–H and O–H groups in total. The minimum atomic E-state index is -0.957. The number of esters is 1. The van der Waals surface area contributed by atoms with Crippen LogP contribution in [-0.4, -0.2) is 31.8 Å². The van der Waals surface area contributed by atoms with E-state index in [1.54, 1.807) is 19.2 Å². The fraction of sp³-hybridized carbons (Fsp3) is 0.222. The van der Waals surface area contributed by atoms with Crippen molar-refractivity contribution in [2.75, 3.05) is 18.7 Å². The number of rotatable bonds is 4. The zero-order chi connectivity index (χ0) is 18.0. The third-order valence-corrected chi connectivity index (χ3v) is 4.05. The molecule has 0 saturated carbocycles. The van der Waals surface area contributed by atoms with Gasteiger partial charge in [-0.3, -0.25) is 4.79 Å². The SMILES string of the molecule is CC(OC(=O)c1cc(Cl)c2c(c1)OCO2)C(=O)N(C)c1ccccc1. The first-order valence-electron chi connectivity index (χ1n) is 7.60. The lowest BCUT2D eigenvalue weighted by molar-refractivity contribution is -0.126. The summed E-state index contributed by atoms with van der Waals surface area (Å²) in [6, 6.07) is 12.0. The zero-order valence-electron chi connectivity index (χ0n) is 13.7. The quantitative estimate of drug-likeness (QED) is 0.782. The number of halogens is 1. The zero-order valence-corrected chi connectivity index (χ0v) is 14.4. The lowest BCUT2D eigenvalue weighted by Crippen LogP contribution is -2.37. The number of hydrogen-bond donors (Lipinski definition) is 0. The predicted molar refractivity (Wildman–Crippen MR) is 92.3 cm³/mol. The summed E-state index contributed by atoms with van der Waals surface area (Å²) in [6.07, 6.45) is -0.957. The molecule has 0 aromatic heterocycles. The minimum absolute atomic E-state index is 0.0459. The highest BCUT2D eigenvalue weighted by Crippen LogP contribution is 2.39. The standard InChI is InChI=1S/C18H16ClNO5/c1-11(17(21)20(2)13-6-4-3-5-7-13)25-18(22)12-8-14(19)16-15(9-12)23-10-24-16/h3-9,11H,10H2,1-2H3. The van der Waals surface area contributed by atoms with Crippen LogP contribution >= 0.6 is 11.6 Å². The molecular formula is C18H16ClNO5. The summed E-state index contributed by atoms with van der Waals surface area (Å²) >= 11 is 6.06. The smallest absolute Gasteiger partial charge is 0.339 e. The number of benzene rings is 2. The fourth-order valence-electron chi connectivity index (χ4n) is 2.42. The Morgan fingerprint density at radius 1 is 1.20 bits per heavy atom. The summed E-state index contributed by atoms with van der Waals surface area (Å²) in [5, 5.41) is 0.252. The van der Waals surface area contributed by atoms with Crippen LogP contribution in [0.1, 0.15) is 17.3 Å². The summed E-state index contributed by atoms with van der Waals surface area (Å²) in [7, 11) is 1.62. The average Bonchev–Trinajstić information content (AvgIpc) is 3.10. The van der Waals surface area contributed by atoms with E-state index in [0.717, 1.165) is 0 Å². The van der Waals surface area contributed by atoms with Gasteiger partial charge in [0.05, 0.1) is 10.6 Å². The highest BCUT2D eigenvalue weighted by atomic mass is 35.5. The molecule has 130 valence electrons. The van der Waals surface area contributed by atoms with Crippen molar-refractivity contribution in [3.05, 3.63) is 53.1 Å². The van der Waals surface area contributed by atoms with Gasteiger partial charge in [0.1, 0.15) is 0 Å². The van der Waals surface area contributed by atoms with Crippen LogP contribution in [0.4, 0.5) is 5.69 Å². The molecule has 3 rings (SSSR count). The second-order valence-corrected chi connectivity index (χ2v) is 5.88. The molecule has 1 amide bonds. The summed E-state index contributed by atoms with van der Waals surface area (Å²) in [4.78, 5) is 26.2. The number of likely N-dealkylation sites (N-methyl/N-ethyl adjacent to an activating group) is 1. The first kappa shape index (κ1) is 17.1. The number of fused-ring (bicyclic) bond motifs is 1. The van der Waals surface area contributed by atoms with Gasteiger partial charge in [-0.05, 0) is 31.2 Å². The van der Waals surface area contributed by atoms with Crippen molar-refractivity contribution in [3.8, 4) is 11.5 Å². The maximum Gasteiger partial charge on any atom is 0.339 e. The monoisotopic (exact) mass is 361 g/mol. The molecule has 0 saturated heterocycles. The van der Waals surface area contributed by atoms with Gasteiger partial charge in [0, 0.05) is 12.7 Å². The molecule has 0 radical (unpaired) electrons. The van der Waals surface area contributed by atoms with Gasteiger partial charge in [-0.2, -0.15) is 0 Å². The Balaban J connectivity index is 1.70. The Hall–Kier alpha value is -2.73. The number of carbonyl (C=O) groups is 2. The van der Waals surface area contributed by atoms with Crippen molar-refractivity contribution >= 4 is 29.2 Å². The maximum atomic E-state index is 12.4. The van der Waals surface area contributed by atoms with E-state index < -0.39 is 12.1 Å². The summed E-state index contributed by atoms with van der Waals surface area (Å²) in [5.74, 6) is -0.236. The molecule has 1 atom stereocenters. The van der Waals surface area contributed by atoms with Crippen LogP contribution in [0.3, 0.4) is 0 Å². The highest BCUT2D eigenvalue weighted by molar-refractivity contribution is 6.32. The summed E-state index contributed by atoms with van der Waals surface area (Å²) in [6.45, 7) is 1.57. The molecule has 0 spiro atoms. The summed E-state index contributed by atoms with van der Waals surface area (Å²) in [5.41, 5.74) is 0.901. The topological polar surface area (TPSA) is 65.1 Å². The number of para-hydroxylation sites is 1. The number of anilines is 1. The lowest BCUT2D eigenvalue weighted by Gasteiger charge is -2.21. The van der Waals surface area contributed by atoms with Crippen molar-refractivity contribution in [3.63, 3.8) is 0 Å².